The minimum atomic E-state index is 0.573. The molecule has 0 bridgehead atoms. The van der Waals surface area contributed by atoms with Crippen LogP contribution in [-0.2, 0) is 11.2 Å². The average Bonchev–Trinajstić information content (AvgIpc) is 2.88. The smallest absolute Gasteiger partial charge is 0.244 e. The highest BCUT2D eigenvalue weighted by molar-refractivity contribution is 5.29. The van der Waals surface area contributed by atoms with Gasteiger partial charge in [0.25, 0.3) is 0 Å². The number of rotatable bonds is 6. The van der Waals surface area contributed by atoms with Crippen LogP contribution < -0.4 is 10.6 Å². The first-order chi connectivity index (χ1) is 8.83. The highest BCUT2D eigenvalue weighted by Gasteiger charge is 2.21. The van der Waals surface area contributed by atoms with E-state index in [9.17, 15) is 0 Å². The zero-order valence-corrected chi connectivity index (χ0v) is 11.1. The third-order valence-electron chi connectivity index (χ3n) is 3.34. The SMILES string of the molecule is CCOCCc1nc(N2CCCC(CN)C2)n[nH]1. The maximum atomic E-state index is 5.74. The standard InChI is InChI=1S/C12H23N5O/c1-2-18-7-5-11-14-12(16-15-11)17-6-3-4-10(8-13)9-17/h10H,2-9,13H2,1H3,(H,14,15,16). The van der Waals surface area contributed by atoms with Crippen LogP contribution in [0.15, 0.2) is 0 Å². The Morgan fingerprint density at radius 2 is 2.44 bits per heavy atom. The van der Waals surface area contributed by atoms with E-state index >= 15 is 0 Å². The van der Waals surface area contributed by atoms with Gasteiger partial charge in [-0.15, -0.1) is 5.10 Å². The van der Waals surface area contributed by atoms with Gasteiger partial charge in [0.05, 0.1) is 6.61 Å². The van der Waals surface area contributed by atoms with E-state index in [0.29, 0.717) is 12.5 Å². The molecular weight excluding hydrogens is 230 g/mol. The number of ether oxygens (including phenoxy) is 1. The topological polar surface area (TPSA) is 80.1 Å². The second kappa shape index (κ2) is 6.70. The van der Waals surface area contributed by atoms with Crippen molar-refractivity contribution in [3.05, 3.63) is 5.82 Å². The molecule has 1 aliphatic rings. The third kappa shape index (κ3) is 3.43. The molecule has 1 saturated heterocycles. The van der Waals surface area contributed by atoms with Gasteiger partial charge >= 0.3 is 0 Å². The highest BCUT2D eigenvalue weighted by Crippen LogP contribution is 2.19. The molecule has 18 heavy (non-hydrogen) atoms. The number of nitrogens with one attached hydrogen (secondary N) is 1. The molecule has 2 rings (SSSR count). The lowest BCUT2D eigenvalue weighted by molar-refractivity contribution is 0.149. The summed E-state index contributed by atoms with van der Waals surface area (Å²) < 4.78 is 5.31. The van der Waals surface area contributed by atoms with E-state index < -0.39 is 0 Å². The fourth-order valence-electron chi connectivity index (χ4n) is 2.29. The fourth-order valence-corrected chi connectivity index (χ4v) is 2.29. The largest absolute Gasteiger partial charge is 0.381 e. The van der Waals surface area contributed by atoms with Gasteiger partial charge in [0, 0.05) is 26.1 Å². The van der Waals surface area contributed by atoms with Crippen molar-refractivity contribution >= 4 is 5.95 Å². The van der Waals surface area contributed by atoms with Crippen molar-refractivity contribution in [3.8, 4) is 0 Å². The molecule has 1 unspecified atom stereocenters. The number of aromatic nitrogens is 3. The summed E-state index contributed by atoms with van der Waals surface area (Å²) in [4.78, 5) is 6.74. The number of hydrogen-bond acceptors (Lipinski definition) is 5. The van der Waals surface area contributed by atoms with Gasteiger partial charge in [0.15, 0.2) is 0 Å². The van der Waals surface area contributed by atoms with Crippen LogP contribution in [0.1, 0.15) is 25.6 Å². The first-order valence-electron chi connectivity index (χ1n) is 6.77. The highest BCUT2D eigenvalue weighted by atomic mass is 16.5. The van der Waals surface area contributed by atoms with E-state index in [-0.39, 0.29) is 0 Å². The predicted octanol–water partition coefficient (Wildman–Crippen LogP) is 0.559. The molecule has 1 atom stereocenters. The van der Waals surface area contributed by atoms with Crippen LogP contribution in [0.3, 0.4) is 0 Å². The minimum Gasteiger partial charge on any atom is -0.381 e. The van der Waals surface area contributed by atoms with E-state index in [1.165, 1.54) is 12.8 Å². The number of H-pyrrole nitrogens is 1. The van der Waals surface area contributed by atoms with Crippen molar-refractivity contribution in [3.63, 3.8) is 0 Å². The summed E-state index contributed by atoms with van der Waals surface area (Å²) in [5, 5.41) is 7.26. The fraction of sp³-hybridized carbons (Fsp3) is 0.833. The molecule has 0 radical (unpaired) electrons. The van der Waals surface area contributed by atoms with Crippen LogP contribution in [-0.4, -0.2) is 48.0 Å². The molecule has 1 aliphatic heterocycles. The summed E-state index contributed by atoms with van der Waals surface area (Å²) in [6.45, 7) is 6.17. The Kier molecular flexibility index (Phi) is 4.95. The number of nitrogens with zero attached hydrogens (tertiary/aromatic N) is 3. The van der Waals surface area contributed by atoms with E-state index in [1.807, 2.05) is 6.92 Å². The lowest BCUT2D eigenvalue weighted by atomic mass is 9.99. The lowest BCUT2D eigenvalue weighted by Crippen LogP contribution is -2.39. The minimum absolute atomic E-state index is 0.573. The molecule has 0 saturated carbocycles. The maximum absolute atomic E-state index is 5.74. The second-order valence-electron chi connectivity index (χ2n) is 4.72. The lowest BCUT2D eigenvalue weighted by Gasteiger charge is -2.31. The summed E-state index contributed by atoms with van der Waals surface area (Å²) >= 11 is 0. The molecule has 2 heterocycles. The Hall–Kier alpha value is -1.14. The summed E-state index contributed by atoms with van der Waals surface area (Å²) in [6, 6.07) is 0. The van der Waals surface area contributed by atoms with E-state index in [4.69, 9.17) is 10.5 Å². The average molecular weight is 253 g/mol. The molecular formula is C12H23N5O. The molecule has 3 N–H and O–H groups in total. The predicted molar refractivity (Wildman–Crippen MR) is 70.6 cm³/mol. The second-order valence-corrected chi connectivity index (χ2v) is 4.72. The number of piperidine rings is 1. The van der Waals surface area contributed by atoms with Gasteiger partial charge in [-0.1, -0.05) is 0 Å². The quantitative estimate of drug-likeness (QED) is 0.724. The zero-order chi connectivity index (χ0) is 12.8. The van der Waals surface area contributed by atoms with Crippen molar-refractivity contribution in [2.45, 2.75) is 26.2 Å². The van der Waals surface area contributed by atoms with Crippen molar-refractivity contribution in [1.82, 2.24) is 15.2 Å². The Morgan fingerprint density at radius 3 is 3.22 bits per heavy atom. The van der Waals surface area contributed by atoms with Crippen molar-refractivity contribution < 1.29 is 4.74 Å². The molecule has 6 nitrogen and oxygen atoms in total. The number of anilines is 1. The molecule has 0 aliphatic carbocycles. The van der Waals surface area contributed by atoms with Crippen LogP contribution in [0.4, 0.5) is 5.95 Å². The Morgan fingerprint density at radius 1 is 1.56 bits per heavy atom. The Balaban J connectivity index is 1.88. The van der Waals surface area contributed by atoms with Gasteiger partial charge in [-0.25, -0.2) is 0 Å². The van der Waals surface area contributed by atoms with Crippen LogP contribution in [0.25, 0.3) is 0 Å². The molecule has 0 spiro atoms. The molecule has 1 aromatic rings. The maximum Gasteiger partial charge on any atom is 0.244 e. The monoisotopic (exact) mass is 253 g/mol. The zero-order valence-electron chi connectivity index (χ0n) is 11.1. The van der Waals surface area contributed by atoms with Crippen molar-refractivity contribution in [2.24, 2.45) is 11.7 Å². The van der Waals surface area contributed by atoms with Crippen molar-refractivity contribution in [2.75, 3.05) is 37.7 Å². The molecule has 0 aromatic carbocycles. The van der Waals surface area contributed by atoms with Crippen molar-refractivity contribution in [1.29, 1.82) is 0 Å². The van der Waals surface area contributed by atoms with Crippen LogP contribution in [0, 0.1) is 5.92 Å². The Bertz CT molecular complexity index is 354. The van der Waals surface area contributed by atoms with E-state index in [2.05, 4.69) is 20.1 Å². The molecule has 6 heteroatoms. The summed E-state index contributed by atoms with van der Waals surface area (Å²) in [6.07, 6.45) is 3.17. The van der Waals surface area contributed by atoms with Gasteiger partial charge in [0.1, 0.15) is 5.82 Å². The summed E-state index contributed by atoms with van der Waals surface area (Å²) in [7, 11) is 0. The van der Waals surface area contributed by atoms with Crippen LogP contribution in [0.2, 0.25) is 0 Å². The van der Waals surface area contributed by atoms with Gasteiger partial charge in [0.2, 0.25) is 5.95 Å². The van der Waals surface area contributed by atoms with Crippen LogP contribution in [0.5, 0.6) is 0 Å². The van der Waals surface area contributed by atoms with Gasteiger partial charge in [-0.2, -0.15) is 4.98 Å². The molecule has 1 fully saturated rings. The van der Waals surface area contributed by atoms with Gasteiger partial charge in [-0.05, 0) is 32.2 Å². The first-order valence-corrected chi connectivity index (χ1v) is 6.77. The summed E-state index contributed by atoms with van der Waals surface area (Å²) in [5.74, 6) is 2.28. The molecule has 102 valence electrons. The first kappa shape index (κ1) is 13.3. The van der Waals surface area contributed by atoms with E-state index in [0.717, 1.165) is 44.4 Å². The number of aromatic amines is 1. The third-order valence-corrected chi connectivity index (χ3v) is 3.34. The Labute approximate surface area is 108 Å². The molecule has 0 amide bonds. The molecule has 1 aromatic heterocycles. The normalized spacial score (nSPS) is 20.3. The van der Waals surface area contributed by atoms with E-state index in [1.54, 1.807) is 0 Å². The summed E-state index contributed by atoms with van der Waals surface area (Å²) in [5.41, 5.74) is 5.74. The van der Waals surface area contributed by atoms with Crippen LogP contribution >= 0.6 is 0 Å². The van der Waals surface area contributed by atoms with Gasteiger partial charge < -0.3 is 15.4 Å². The number of hydrogen-bond donors (Lipinski definition) is 2. The number of nitrogens with two attached hydrogens (primary N) is 1. The van der Waals surface area contributed by atoms with Gasteiger partial charge in [-0.3, -0.25) is 5.10 Å².